The summed E-state index contributed by atoms with van der Waals surface area (Å²) in [4.78, 5) is 0. The van der Waals surface area contributed by atoms with E-state index in [2.05, 4.69) is 33.0 Å². The molecule has 0 aliphatic carbocycles. The van der Waals surface area contributed by atoms with Crippen molar-refractivity contribution in [2.45, 2.75) is 71.4 Å². The van der Waals surface area contributed by atoms with Gasteiger partial charge in [-0.1, -0.05) is 27.2 Å². The van der Waals surface area contributed by atoms with Gasteiger partial charge in [0.1, 0.15) is 0 Å². The molecule has 13 heavy (non-hydrogen) atoms. The summed E-state index contributed by atoms with van der Waals surface area (Å²) in [6.45, 7) is 9.37. The summed E-state index contributed by atoms with van der Waals surface area (Å²) in [6.07, 6.45) is 6.69. The Bertz CT molecular complexity index is 155. The Morgan fingerprint density at radius 3 is 2.46 bits per heavy atom. The fraction of sp³-hybridized carbons (Fsp3) is 1.00. The van der Waals surface area contributed by atoms with Crippen LogP contribution < -0.4 is 5.32 Å². The van der Waals surface area contributed by atoms with Crippen molar-refractivity contribution in [3.05, 3.63) is 0 Å². The number of nitrogens with one attached hydrogen (secondary N) is 1. The van der Waals surface area contributed by atoms with Gasteiger partial charge in [0.2, 0.25) is 0 Å². The fourth-order valence-electron chi connectivity index (χ4n) is 2.87. The minimum atomic E-state index is 0.451. The van der Waals surface area contributed by atoms with E-state index in [0.29, 0.717) is 5.54 Å². The van der Waals surface area contributed by atoms with Gasteiger partial charge in [0.15, 0.2) is 0 Å². The molecule has 1 heteroatoms. The van der Waals surface area contributed by atoms with Crippen molar-refractivity contribution in [1.29, 1.82) is 0 Å². The first-order valence-corrected chi connectivity index (χ1v) is 5.92. The molecule has 1 rings (SSSR count). The van der Waals surface area contributed by atoms with E-state index < -0.39 is 0 Å². The highest BCUT2D eigenvalue weighted by Gasteiger charge is 2.37. The Hall–Kier alpha value is -0.0400. The highest BCUT2D eigenvalue weighted by atomic mass is 15.0. The predicted molar refractivity (Wildman–Crippen MR) is 58.9 cm³/mol. The molecular weight excluding hydrogens is 158 g/mol. The summed E-state index contributed by atoms with van der Waals surface area (Å²) in [6, 6.07) is 0.725. The molecule has 3 atom stereocenters. The van der Waals surface area contributed by atoms with Gasteiger partial charge < -0.3 is 5.32 Å². The van der Waals surface area contributed by atoms with Gasteiger partial charge in [-0.25, -0.2) is 0 Å². The minimum absolute atomic E-state index is 0.451. The molecule has 0 aromatic heterocycles. The van der Waals surface area contributed by atoms with E-state index in [1.54, 1.807) is 0 Å². The summed E-state index contributed by atoms with van der Waals surface area (Å²) in [7, 11) is 0. The molecule has 3 unspecified atom stereocenters. The zero-order valence-corrected chi connectivity index (χ0v) is 9.69. The van der Waals surface area contributed by atoms with Crippen LogP contribution in [0.5, 0.6) is 0 Å². The largest absolute Gasteiger partial charge is 0.309 e. The first-order chi connectivity index (χ1) is 6.14. The second kappa shape index (κ2) is 4.45. The molecule has 0 spiro atoms. The Kier molecular flexibility index (Phi) is 3.78. The number of hydrogen-bond donors (Lipinski definition) is 1. The lowest BCUT2D eigenvalue weighted by Gasteiger charge is -2.46. The molecule has 0 amide bonds. The molecule has 1 heterocycles. The fourth-order valence-corrected chi connectivity index (χ4v) is 2.87. The van der Waals surface area contributed by atoms with E-state index in [0.717, 1.165) is 12.0 Å². The van der Waals surface area contributed by atoms with Gasteiger partial charge in [-0.3, -0.25) is 0 Å². The normalized spacial score (nSPS) is 40.6. The van der Waals surface area contributed by atoms with Gasteiger partial charge in [-0.15, -0.1) is 0 Å². The van der Waals surface area contributed by atoms with E-state index in [1.165, 1.54) is 32.1 Å². The summed E-state index contributed by atoms with van der Waals surface area (Å²) in [5.74, 6) is 0.855. The predicted octanol–water partition coefficient (Wildman–Crippen LogP) is 3.34. The second-order valence-corrected chi connectivity index (χ2v) is 4.78. The number of hydrogen-bond acceptors (Lipinski definition) is 1. The summed E-state index contributed by atoms with van der Waals surface area (Å²) in [5, 5.41) is 3.83. The molecule has 78 valence electrons. The lowest BCUT2D eigenvalue weighted by molar-refractivity contribution is 0.123. The molecule has 0 radical (unpaired) electrons. The van der Waals surface area contributed by atoms with E-state index in [1.807, 2.05) is 0 Å². The average Bonchev–Trinajstić information content (AvgIpc) is 2.12. The molecule has 1 saturated heterocycles. The van der Waals surface area contributed by atoms with Gasteiger partial charge in [-0.05, 0) is 38.5 Å². The quantitative estimate of drug-likeness (QED) is 0.707. The lowest BCUT2D eigenvalue weighted by atomic mass is 9.73. The van der Waals surface area contributed by atoms with Gasteiger partial charge in [0.05, 0.1) is 0 Å². The first-order valence-electron chi connectivity index (χ1n) is 5.92. The molecule has 1 fully saturated rings. The zero-order valence-electron chi connectivity index (χ0n) is 9.69. The second-order valence-electron chi connectivity index (χ2n) is 4.78. The van der Waals surface area contributed by atoms with Gasteiger partial charge in [0, 0.05) is 11.6 Å². The molecule has 0 saturated carbocycles. The molecule has 1 aliphatic heterocycles. The third-order valence-corrected chi connectivity index (χ3v) is 3.84. The maximum atomic E-state index is 3.83. The third-order valence-electron chi connectivity index (χ3n) is 3.84. The first kappa shape index (κ1) is 11.0. The average molecular weight is 183 g/mol. The number of rotatable bonds is 3. The number of piperidine rings is 1. The maximum absolute atomic E-state index is 3.83. The Labute approximate surface area is 83.3 Å². The van der Waals surface area contributed by atoms with Crippen LogP contribution in [0.2, 0.25) is 0 Å². The van der Waals surface area contributed by atoms with Gasteiger partial charge >= 0.3 is 0 Å². The van der Waals surface area contributed by atoms with Crippen molar-refractivity contribution in [2.75, 3.05) is 0 Å². The van der Waals surface area contributed by atoms with Crippen LogP contribution in [0.3, 0.4) is 0 Å². The van der Waals surface area contributed by atoms with Crippen molar-refractivity contribution in [2.24, 2.45) is 5.92 Å². The monoisotopic (exact) mass is 183 g/mol. The highest BCUT2D eigenvalue weighted by Crippen LogP contribution is 2.34. The molecule has 1 N–H and O–H groups in total. The van der Waals surface area contributed by atoms with Crippen LogP contribution in [-0.2, 0) is 0 Å². The highest BCUT2D eigenvalue weighted by molar-refractivity contribution is 4.96. The summed E-state index contributed by atoms with van der Waals surface area (Å²) < 4.78 is 0. The maximum Gasteiger partial charge on any atom is 0.0206 e. The summed E-state index contributed by atoms with van der Waals surface area (Å²) in [5.41, 5.74) is 0.451. The lowest BCUT2D eigenvalue weighted by Crippen LogP contribution is -2.56. The SMILES string of the molecule is CCCC1(CC)NC(C)CCC1C. The van der Waals surface area contributed by atoms with Gasteiger partial charge in [-0.2, -0.15) is 0 Å². The van der Waals surface area contributed by atoms with Crippen molar-refractivity contribution in [1.82, 2.24) is 5.32 Å². The molecule has 1 nitrogen and oxygen atoms in total. The van der Waals surface area contributed by atoms with Crippen molar-refractivity contribution in [3.8, 4) is 0 Å². The summed E-state index contributed by atoms with van der Waals surface area (Å²) >= 11 is 0. The van der Waals surface area contributed by atoms with E-state index >= 15 is 0 Å². The van der Waals surface area contributed by atoms with E-state index in [-0.39, 0.29) is 0 Å². The topological polar surface area (TPSA) is 12.0 Å². The van der Waals surface area contributed by atoms with Crippen LogP contribution in [-0.4, -0.2) is 11.6 Å². The van der Waals surface area contributed by atoms with E-state index in [9.17, 15) is 0 Å². The van der Waals surface area contributed by atoms with Crippen molar-refractivity contribution < 1.29 is 0 Å². The van der Waals surface area contributed by atoms with Crippen LogP contribution in [0.25, 0.3) is 0 Å². The van der Waals surface area contributed by atoms with Crippen LogP contribution >= 0.6 is 0 Å². The molecule has 0 aromatic rings. The standard InChI is InChI=1S/C12H25N/c1-5-9-12(6-2)10(3)7-8-11(4)13-12/h10-11,13H,5-9H2,1-4H3. The van der Waals surface area contributed by atoms with E-state index in [4.69, 9.17) is 0 Å². The third kappa shape index (κ3) is 2.25. The van der Waals surface area contributed by atoms with Gasteiger partial charge in [0.25, 0.3) is 0 Å². The Balaban J connectivity index is 2.67. The smallest absolute Gasteiger partial charge is 0.0206 e. The zero-order chi connectivity index (χ0) is 9.90. The molecular formula is C12H25N. The Morgan fingerprint density at radius 1 is 1.23 bits per heavy atom. The van der Waals surface area contributed by atoms with Crippen LogP contribution in [0.1, 0.15) is 59.8 Å². The molecule has 0 bridgehead atoms. The molecule has 0 aromatic carbocycles. The molecule has 1 aliphatic rings. The minimum Gasteiger partial charge on any atom is -0.309 e. The van der Waals surface area contributed by atoms with Crippen LogP contribution in [0.4, 0.5) is 0 Å². The van der Waals surface area contributed by atoms with Crippen molar-refractivity contribution >= 4 is 0 Å². The van der Waals surface area contributed by atoms with Crippen molar-refractivity contribution in [3.63, 3.8) is 0 Å². The van der Waals surface area contributed by atoms with Crippen LogP contribution in [0.15, 0.2) is 0 Å². The van der Waals surface area contributed by atoms with Crippen LogP contribution in [0, 0.1) is 5.92 Å². The Morgan fingerprint density at radius 2 is 1.92 bits per heavy atom.